The van der Waals surface area contributed by atoms with Crippen molar-refractivity contribution in [2.24, 2.45) is 0 Å². The Bertz CT molecular complexity index is 480. The molecule has 0 spiro atoms. The number of rotatable bonds is 3. The smallest absolute Gasteiger partial charge is 0.272 e. The summed E-state index contributed by atoms with van der Waals surface area (Å²) in [6.07, 6.45) is 2.23. The van der Waals surface area contributed by atoms with Crippen LogP contribution in [0.25, 0.3) is 0 Å². The van der Waals surface area contributed by atoms with Crippen LogP contribution in [0.3, 0.4) is 0 Å². The zero-order valence-electron chi connectivity index (χ0n) is 11.8. The third-order valence-electron chi connectivity index (χ3n) is 3.82. The zero-order valence-corrected chi connectivity index (χ0v) is 11.8. The molecule has 1 saturated heterocycles. The molecule has 104 valence electrons. The molecule has 0 unspecified atom stereocenters. The number of hydrogen-bond donors (Lipinski definition) is 1. The summed E-state index contributed by atoms with van der Waals surface area (Å²) in [7, 11) is 2.14. The number of piperidine rings is 1. The van der Waals surface area contributed by atoms with Crippen LogP contribution in [-0.4, -0.2) is 36.0 Å². The normalized spacial score (nSPS) is 17.4. The first-order valence-corrected chi connectivity index (χ1v) is 6.68. The number of nitrogens with one attached hydrogen (secondary N) is 1. The van der Waals surface area contributed by atoms with Crippen LogP contribution in [0.2, 0.25) is 0 Å². The van der Waals surface area contributed by atoms with E-state index in [1.807, 2.05) is 13.0 Å². The van der Waals surface area contributed by atoms with Crippen molar-refractivity contribution in [2.45, 2.75) is 32.7 Å². The van der Waals surface area contributed by atoms with E-state index < -0.39 is 0 Å². The molecule has 1 fully saturated rings. The Kier molecular flexibility index (Phi) is 4.04. The highest BCUT2D eigenvalue weighted by atomic mass is 16.6. The Morgan fingerprint density at radius 1 is 1.26 bits per heavy atom. The van der Waals surface area contributed by atoms with Crippen molar-refractivity contribution in [2.75, 3.05) is 25.5 Å². The molecular weight excluding hydrogens is 242 g/mol. The molecule has 5 nitrogen and oxygen atoms in total. The maximum absolute atomic E-state index is 10.9. The molecule has 5 heteroatoms. The van der Waals surface area contributed by atoms with Gasteiger partial charge in [-0.2, -0.15) is 0 Å². The summed E-state index contributed by atoms with van der Waals surface area (Å²) in [4.78, 5) is 12.9. The van der Waals surface area contributed by atoms with Gasteiger partial charge in [-0.05, 0) is 58.5 Å². The molecule has 1 aliphatic heterocycles. The fraction of sp³-hybridized carbons (Fsp3) is 0.571. The van der Waals surface area contributed by atoms with E-state index in [1.165, 1.54) is 0 Å². The maximum Gasteiger partial charge on any atom is 0.272 e. The second-order valence-corrected chi connectivity index (χ2v) is 5.43. The lowest BCUT2D eigenvalue weighted by Gasteiger charge is -2.30. The number of hydrogen-bond acceptors (Lipinski definition) is 4. The Balaban J connectivity index is 2.13. The highest BCUT2D eigenvalue weighted by molar-refractivity contribution is 5.59. The summed E-state index contributed by atoms with van der Waals surface area (Å²) in [6, 6.07) is 4.02. The number of nitro groups is 1. The van der Waals surface area contributed by atoms with Crippen LogP contribution in [0.5, 0.6) is 0 Å². The van der Waals surface area contributed by atoms with Gasteiger partial charge in [-0.15, -0.1) is 0 Å². The molecule has 0 radical (unpaired) electrons. The van der Waals surface area contributed by atoms with Gasteiger partial charge in [-0.3, -0.25) is 10.1 Å². The van der Waals surface area contributed by atoms with Crippen LogP contribution in [0.4, 0.5) is 11.4 Å². The quantitative estimate of drug-likeness (QED) is 0.673. The lowest BCUT2D eigenvalue weighted by Crippen LogP contribution is -2.36. The maximum atomic E-state index is 10.9. The van der Waals surface area contributed by atoms with E-state index in [2.05, 4.69) is 17.3 Å². The molecule has 1 N–H and O–H groups in total. The van der Waals surface area contributed by atoms with E-state index in [0.29, 0.717) is 11.6 Å². The van der Waals surface area contributed by atoms with Crippen LogP contribution in [-0.2, 0) is 0 Å². The van der Waals surface area contributed by atoms with Gasteiger partial charge in [0.2, 0.25) is 0 Å². The molecule has 1 aliphatic rings. The lowest BCUT2D eigenvalue weighted by atomic mass is 10.0. The van der Waals surface area contributed by atoms with Crippen LogP contribution in [0, 0.1) is 24.0 Å². The van der Waals surface area contributed by atoms with Gasteiger partial charge in [0, 0.05) is 23.4 Å². The minimum atomic E-state index is -0.318. The topological polar surface area (TPSA) is 58.4 Å². The van der Waals surface area contributed by atoms with Gasteiger partial charge < -0.3 is 10.2 Å². The monoisotopic (exact) mass is 263 g/mol. The summed E-state index contributed by atoms with van der Waals surface area (Å²) in [5.74, 6) is 0. The molecule has 2 rings (SSSR count). The highest BCUT2D eigenvalue weighted by Crippen LogP contribution is 2.27. The second-order valence-electron chi connectivity index (χ2n) is 5.43. The number of benzene rings is 1. The van der Waals surface area contributed by atoms with Crippen molar-refractivity contribution in [3.8, 4) is 0 Å². The first-order valence-electron chi connectivity index (χ1n) is 6.68. The molecule has 0 amide bonds. The summed E-state index contributed by atoms with van der Waals surface area (Å²) < 4.78 is 0. The van der Waals surface area contributed by atoms with Crippen LogP contribution < -0.4 is 5.32 Å². The van der Waals surface area contributed by atoms with Crippen molar-refractivity contribution in [3.05, 3.63) is 33.4 Å². The molecule has 1 heterocycles. The van der Waals surface area contributed by atoms with Crippen molar-refractivity contribution in [1.82, 2.24) is 4.90 Å². The van der Waals surface area contributed by atoms with Gasteiger partial charge in [0.25, 0.3) is 5.69 Å². The third-order valence-corrected chi connectivity index (χ3v) is 3.82. The zero-order chi connectivity index (χ0) is 14.0. The number of likely N-dealkylation sites (tertiary alicyclic amines) is 1. The van der Waals surface area contributed by atoms with Gasteiger partial charge >= 0.3 is 0 Å². The third kappa shape index (κ3) is 3.23. The summed E-state index contributed by atoms with van der Waals surface area (Å²) >= 11 is 0. The molecule has 1 aromatic rings. The number of nitro benzene ring substituents is 1. The Morgan fingerprint density at radius 3 is 2.47 bits per heavy atom. The molecule has 0 atom stereocenters. The van der Waals surface area contributed by atoms with Crippen molar-refractivity contribution in [3.63, 3.8) is 0 Å². The van der Waals surface area contributed by atoms with Crippen LogP contribution in [0.1, 0.15) is 24.0 Å². The Labute approximate surface area is 113 Å². The number of anilines is 1. The molecule has 0 aliphatic carbocycles. The Hall–Kier alpha value is -1.62. The highest BCUT2D eigenvalue weighted by Gasteiger charge is 2.19. The summed E-state index contributed by atoms with van der Waals surface area (Å²) in [5, 5.41) is 14.4. The average molecular weight is 263 g/mol. The van der Waals surface area contributed by atoms with E-state index in [-0.39, 0.29) is 10.6 Å². The predicted molar refractivity (Wildman–Crippen MR) is 76.7 cm³/mol. The van der Waals surface area contributed by atoms with Gasteiger partial charge in [-0.25, -0.2) is 0 Å². The summed E-state index contributed by atoms with van der Waals surface area (Å²) in [6.45, 7) is 5.91. The van der Waals surface area contributed by atoms with Gasteiger partial charge in [0.15, 0.2) is 0 Å². The number of nitrogens with zero attached hydrogens (tertiary/aromatic N) is 2. The second kappa shape index (κ2) is 5.57. The molecule has 0 bridgehead atoms. The minimum absolute atomic E-state index is 0.200. The van der Waals surface area contributed by atoms with E-state index in [9.17, 15) is 10.1 Å². The first-order chi connectivity index (χ1) is 8.97. The van der Waals surface area contributed by atoms with Gasteiger partial charge in [0.05, 0.1) is 4.92 Å². The summed E-state index contributed by atoms with van der Waals surface area (Å²) in [5.41, 5.74) is 2.88. The standard InChI is InChI=1S/C14H21N3O2/c1-10-9-14(17(18)19)11(2)8-13(10)15-12-4-6-16(3)7-5-12/h8-9,12,15H,4-7H2,1-3H3. The molecule has 19 heavy (non-hydrogen) atoms. The molecule has 0 aromatic heterocycles. The lowest BCUT2D eigenvalue weighted by molar-refractivity contribution is -0.385. The largest absolute Gasteiger partial charge is 0.382 e. The molecular formula is C14H21N3O2. The average Bonchev–Trinajstić information content (AvgIpc) is 2.35. The van der Waals surface area contributed by atoms with Crippen LogP contribution in [0.15, 0.2) is 12.1 Å². The first kappa shape index (κ1) is 13.8. The van der Waals surface area contributed by atoms with E-state index >= 15 is 0 Å². The molecule has 0 saturated carbocycles. The van der Waals surface area contributed by atoms with E-state index in [1.54, 1.807) is 13.0 Å². The minimum Gasteiger partial charge on any atom is -0.382 e. The van der Waals surface area contributed by atoms with Crippen LogP contribution >= 0.6 is 0 Å². The van der Waals surface area contributed by atoms with E-state index in [0.717, 1.165) is 37.2 Å². The van der Waals surface area contributed by atoms with Gasteiger partial charge in [0.1, 0.15) is 0 Å². The Morgan fingerprint density at radius 2 is 1.89 bits per heavy atom. The SMILES string of the molecule is Cc1cc([N+](=O)[O-])c(C)cc1NC1CCN(C)CC1. The number of aryl methyl sites for hydroxylation is 2. The molecule has 1 aromatic carbocycles. The fourth-order valence-corrected chi connectivity index (χ4v) is 2.53. The van der Waals surface area contributed by atoms with Crippen molar-refractivity contribution in [1.29, 1.82) is 0 Å². The van der Waals surface area contributed by atoms with Gasteiger partial charge in [-0.1, -0.05) is 0 Å². The fourth-order valence-electron chi connectivity index (χ4n) is 2.53. The van der Waals surface area contributed by atoms with E-state index in [4.69, 9.17) is 0 Å². The van der Waals surface area contributed by atoms with Crippen molar-refractivity contribution < 1.29 is 4.92 Å². The van der Waals surface area contributed by atoms with Crippen molar-refractivity contribution >= 4 is 11.4 Å². The predicted octanol–water partition coefficient (Wildman–Crippen LogP) is 2.72.